The minimum atomic E-state index is -0.180. The fraction of sp³-hybridized carbons (Fsp3) is 0.188. The number of halogens is 1. The zero-order chi connectivity index (χ0) is 14.7. The number of benzene rings is 2. The molecule has 104 valence electrons. The van der Waals surface area contributed by atoms with Gasteiger partial charge in [-0.15, -0.1) is 0 Å². The molecule has 0 aliphatic heterocycles. The maximum atomic E-state index is 12.3. The van der Waals surface area contributed by atoms with Crippen molar-refractivity contribution >= 4 is 28.9 Å². The molecule has 20 heavy (non-hydrogen) atoms. The van der Waals surface area contributed by atoms with Crippen molar-refractivity contribution in [2.45, 2.75) is 13.8 Å². The van der Waals surface area contributed by atoms with Crippen LogP contribution in [0.3, 0.4) is 0 Å². The van der Waals surface area contributed by atoms with Crippen LogP contribution in [0.5, 0.6) is 0 Å². The molecular weight excluding hydrogens is 272 g/mol. The van der Waals surface area contributed by atoms with Crippen molar-refractivity contribution < 1.29 is 4.79 Å². The van der Waals surface area contributed by atoms with Crippen LogP contribution in [-0.4, -0.2) is 13.0 Å². The van der Waals surface area contributed by atoms with Gasteiger partial charge in [-0.3, -0.25) is 4.79 Å². The average molecular weight is 289 g/mol. The Bertz CT molecular complexity index is 653. The van der Waals surface area contributed by atoms with Crippen molar-refractivity contribution in [3.05, 3.63) is 58.1 Å². The molecule has 0 fully saturated rings. The van der Waals surface area contributed by atoms with Gasteiger partial charge in [-0.05, 0) is 49.2 Å². The van der Waals surface area contributed by atoms with E-state index in [9.17, 15) is 4.79 Å². The molecule has 0 aromatic heterocycles. The van der Waals surface area contributed by atoms with Crippen molar-refractivity contribution in [3.63, 3.8) is 0 Å². The number of rotatable bonds is 3. The third-order valence-corrected chi connectivity index (χ3v) is 3.37. The Kier molecular flexibility index (Phi) is 4.30. The largest absolute Gasteiger partial charge is 0.387 e. The fourth-order valence-corrected chi connectivity index (χ4v) is 2.26. The van der Waals surface area contributed by atoms with Gasteiger partial charge in [-0.25, -0.2) is 0 Å². The minimum Gasteiger partial charge on any atom is -0.387 e. The van der Waals surface area contributed by atoms with E-state index < -0.39 is 0 Å². The van der Waals surface area contributed by atoms with Gasteiger partial charge in [0.25, 0.3) is 5.91 Å². The Labute approximate surface area is 124 Å². The number of anilines is 2. The van der Waals surface area contributed by atoms with Gasteiger partial charge >= 0.3 is 0 Å². The normalized spacial score (nSPS) is 10.2. The molecule has 0 unspecified atom stereocenters. The van der Waals surface area contributed by atoms with E-state index in [1.165, 1.54) is 0 Å². The van der Waals surface area contributed by atoms with Gasteiger partial charge in [0.1, 0.15) is 0 Å². The smallest absolute Gasteiger partial charge is 0.257 e. The summed E-state index contributed by atoms with van der Waals surface area (Å²) < 4.78 is 0. The van der Waals surface area contributed by atoms with E-state index in [1.54, 1.807) is 13.1 Å². The van der Waals surface area contributed by atoms with Crippen LogP contribution in [0, 0.1) is 13.8 Å². The summed E-state index contributed by atoms with van der Waals surface area (Å²) in [6, 6.07) is 11.2. The first kappa shape index (κ1) is 14.4. The van der Waals surface area contributed by atoms with Crippen LogP contribution in [-0.2, 0) is 0 Å². The summed E-state index contributed by atoms with van der Waals surface area (Å²) in [6.45, 7) is 3.94. The Morgan fingerprint density at radius 2 is 1.65 bits per heavy atom. The second-order valence-electron chi connectivity index (χ2n) is 4.74. The number of carbonyl (C=O) groups excluding carboxylic acids is 1. The van der Waals surface area contributed by atoms with Crippen LogP contribution in [0.4, 0.5) is 11.4 Å². The second kappa shape index (κ2) is 5.97. The summed E-state index contributed by atoms with van der Waals surface area (Å²) in [5, 5.41) is 6.41. The lowest BCUT2D eigenvalue weighted by atomic mass is 10.1. The van der Waals surface area contributed by atoms with Crippen molar-refractivity contribution in [1.29, 1.82) is 0 Å². The van der Waals surface area contributed by atoms with E-state index in [0.29, 0.717) is 16.3 Å². The molecule has 0 spiro atoms. The highest BCUT2D eigenvalue weighted by atomic mass is 35.5. The average Bonchev–Trinajstić information content (AvgIpc) is 2.41. The van der Waals surface area contributed by atoms with Gasteiger partial charge in [0.15, 0.2) is 0 Å². The Morgan fingerprint density at radius 3 is 2.30 bits per heavy atom. The predicted molar refractivity (Wildman–Crippen MR) is 84.9 cm³/mol. The van der Waals surface area contributed by atoms with Crippen LogP contribution < -0.4 is 10.6 Å². The third-order valence-electron chi connectivity index (χ3n) is 3.06. The highest BCUT2D eigenvalue weighted by Gasteiger charge is 2.12. The van der Waals surface area contributed by atoms with Gasteiger partial charge in [-0.2, -0.15) is 0 Å². The van der Waals surface area contributed by atoms with Crippen LogP contribution in [0.25, 0.3) is 0 Å². The summed E-state index contributed by atoms with van der Waals surface area (Å²) in [4.78, 5) is 12.3. The Balaban J connectivity index is 2.28. The lowest BCUT2D eigenvalue weighted by molar-refractivity contribution is 0.102. The molecule has 0 heterocycles. The SMILES string of the molecule is CNc1cc(C)ccc1C(=O)Nc1ccc(C)cc1Cl. The first-order chi connectivity index (χ1) is 9.51. The number of aryl methyl sites for hydroxylation is 2. The topological polar surface area (TPSA) is 41.1 Å². The van der Waals surface area contributed by atoms with Crippen molar-refractivity contribution in [1.82, 2.24) is 0 Å². The summed E-state index contributed by atoms with van der Waals surface area (Å²) in [5.74, 6) is -0.180. The molecule has 2 aromatic rings. The quantitative estimate of drug-likeness (QED) is 0.886. The lowest BCUT2D eigenvalue weighted by Gasteiger charge is -2.12. The third kappa shape index (κ3) is 3.11. The molecule has 0 radical (unpaired) electrons. The number of nitrogens with one attached hydrogen (secondary N) is 2. The zero-order valence-electron chi connectivity index (χ0n) is 11.8. The molecule has 0 aliphatic rings. The second-order valence-corrected chi connectivity index (χ2v) is 5.14. The van der Waals surface area contributed by atoms with Crippen molar-refractivity contribution in [2.75, 3.05) is 17.7 Å². The van der Waals surface area contributed by atoms with E-state index in [-0.39, 0.29) is 5.91 Å². The van der Waals surface area contributed by atoms with E-state index in [1.807, 2.05) is 44.2 Å². The molecule has 0 saturated heterocycles. The first-order valence-electron chi connectivity index (χ1n) is 6.37. The molecule has 0 bridgehead atoms. The molecule has 3 nitrogen and oxygen atoms in total. The first-order valence-corrected chi connectivity index (χ1v) is 6.75. The van der Waals surface area contributed by atoms with Gasteiger partial charge in [0, 0.05) is 12.7 Å². The molecule has 2 aromatic carbocycles. The van der Waals surface area contributed by atoms with Crippen LogP contribution in [0.2, 0.25) is 5.02 Å². The summed E-state index contributed by atoms with van der Waals surface area (Å²) >= 11 is 6.13. The van der Waals surface area contributed by atoms with Gasteiger partial charge in [-0.1, -0.05) is 23.7 Å². The maximum Gasteiger partial charge on any atom is 0.257 e. The van der Waals surface area contributed by atoms with E-state index in [2.05, 4.69) is 10.6 Å². The molecule has 0 atom stereocenters. The molecule has 0 aliphatic carbocycles. The zero-order valence-corrected chi connectivity index (χ0v) is 12.5. The molecule has 2 rings (SSSR count). The van der Waals surface area contributed by atoms with Crippen LogP contribution in [0.1, 0.15) is 21.5 Å². The van der Waals surface area contributed by atoms with Crippen LogP contribution >= 0.6 is 11.6 Å². The van der Waals surface area contributed by atoms with Crippen molar-refractivity contribution in [2.24, 2.45) is 0 Å². The van der Waals surface area contributed by atoms with E-state index in [0.717, 1.165) is 16.8 Å². The Hall–Kier alpha value is -2.00. The number of hydrogen-bond acceptors (Lipinski definition) is 2. The predicted octanol–water partition coefficient (Wildman–Crippen LogP) is 4.25. The number of carbonyl (C=O) groups is 1. The maximum absolute atomic E-state index is 12.3. The molecule has 2 N–H and O–H groups in total. The molecule has 4 heteroatoms. The van der Waals surface area contributed by atoms with E-state index in [4.69, 9.17) is 11.6 Å². The lowest BCUT2D eigenvalue weighted by Crippen LogP contribution is -2.14. The number of amides is 1. The molecule has 0 saturated carbocycles. The molecule has 1 amide bonds. The van der Waals surface area contributed by atoms with Crippen LogP contribution in [0.15, 0.2) is 36.4 Å². The Morgan fingerprint density at radius 1 is 1.00 bits per heavy atom. The summed E-state index contributed by atoms with van der Waals surface area (Å²) in [5.41, 5.74) is 4.16. The summed E-state index contributed by atoms with van der Waals surface area (Å²) in [7, 11) is 1.80. The van der Waals surface area contributed by atoms with Crippen molar-refractivity contribution in [3.8, 4) is 0 Å². The highest BCUT2D eigenvalue weighted by molar-refractivity contribution is 6.34. The van der Waals surface area contributed by atoms with Gasteiger partial charge in [0.2, 0.25) is 0 Å². The monoisotopic (exact) mass is 288 g/mol. The fourth-order valence-electron chi connectivity index (χ4n) is 1.97. The minimum absolute atomic E-state index is 0.180. The standard InChI is InChI=1S/C16H17ClN2O/c1-10-5-7-14(13(17)8-10)19-16(20)12-6-4-11(2)9-15(12)18-3/h4-9,18H,1-3H3,(H,19,20). The summed E-state index contributed by atoms with van der Waals surface area (Å²) in [6.07, 6.45) is 0. The van der Waals surface area contributed by atoms with Gasteiger partial charge in [0.05, 0.1) is 16.3 Å². The molecular formula is C16H17ClN2O. The van der Waals surface area contributed by atoms with E-state index >= 15 is 0 Å². The van der Waals surface area contributed by atoms with Gasteiger partial charge < -0.3 is 10.6 Å². The number of hydrogen-bond donors (Lipinski definition) is 2. The highest BCUT2D eigenvalue weighted by Crippen LogP contribution is 2.25.